The summed E-state index contributed by atoms with van der Waals surface area (Å²) < 4.78 is 2.06. The van der Waals surface area contributed by atoms with Crippen molar-refractivity contribution in [3.05, 3.63) is 48.3 Å². The van der Waals surface area contributed by atoms with Crippen molar-refractivity contribution in [2.24, 2.45) is 5.92 Å². The van der Waals surface area contributed by atoms with E-state index < -0.39 is 0 Å². The molecule has 0 N–H and O–H groups in total. The highest BCUT2D eigenvalue weighted by Gasteiger charge is 2.17. The lowest BCUT2D eigenvalue weighted by Crippen LogP contribution is -2.17. The van der Waals surface area contributed by atoms with Crippen LogP contribution in [0.3, 0.4) is 0 Å². The van der Waals surface area contributed by atoms with Crippen molar-refractivity contribution in [3.63, 3.8) is 0 Å². The quantitative estimate of drug-likeness (QED) is 0.703. The molecule has 0 spiro atoms. The first-order chi connectivity index (χ1) is 7.68. The first-order valence-corrected chi connectivity index (χ1v) is 5.74. The molecule has 0 aliphatic heterocycles. The number of hydrogen-bond donors (Lipinski definition) is 0. The van der Waals surface area contributed by atoms with Gasteiger partial charge in [0, 0.05) is 12.4 Å². The molecule has 1 atom stereocenters. The van der Waals surface area contributed by atoms with E-state index in [9.17, 15) is 0 Å². The molecule has 0 saturated heterocycles. The number of benzene rings is 1. The summed E-state index contributed by atoms with van der Waals surface area (Å²) >= 11 is 0. The zero-order valence-corrected chi connectivity index (χ0v) is 10.1. The average Bonchev–Trinajstić information content (AvgIpc) is 2.66. The molecule has 3 heteroatoms. The van der Waals surface area contributed by atoms with Crippen molar-refractivity contribution < 1.29 is 0 Å². The summed E-state index contributed by atoms with van der Waals surface area (Å²) in [6.07, 6.45) is 4.02. The summed E-state index contributed by atoms with van der Waals surface area (Å²) in [5.74, 6) is 0.529. The Labute approximate surface area is 97.7 Å². The standard InChI is InChI=1S/C13H17BN2/c1-10(2)13(11-6-4-3-5-7-11)16-9-12(14)8-15-16/h3-10,13H,14H2,1-2H3. The molecule has 2 aromatic rings. The van der Waals surface area contributed by atoms with Gasteiger partial charge in [-0.2, -0.15) is 5.10 Å². The third-order valence-electron chi connectivity index (χ3n) is 2.79. The molecular formula is C13H17BN2. The van der Waals surface area contributed by atoms with Crippen LogP contribution in [0.4, 0.5) is 0 Å². The molecule has 2 nitrogen and oxygen atoms in total. The first kappa shape index (κ1) is 11.0. The Morgan fingerprint density at radius 3 is 2.38 bits per heavy atom. The van der Waals surface area contributed by atoms with Gasteiger partial charge in [-0.25, -0.2) is 0 Å². The molecule has 0 aliphatic rings. The van der Waals surface area contributed by atoms with Gasteiger partial charge in [0.05, 0.1) is 6.04 Å². The van der Waals surface area contributed by atoms with E-state index in [-0.39, 0.29) is 0 Å². The SMILES string of the molecule is Bc1cnn(C(c2ccccc2)C(C)C)c1. The highest BCUT2D eigenvalue weighted by atomic mass is 15.3. The van der Waals surface area contributed by atoms with Crippen LogP contribution >= 0.6 is 0 Å². The molecule has 2 rings (SSSR count). The molecule has 0 fully saturated rings. The molecule has 1 heterocycles. The lowest BCUT2D eigenvalue weighted by atomic mass is 9.96. The number of nitrogens with zero attached hydrogens (tertiary/aromatic N) is 2. The summed E-state index contributed by atoms with van der Waals surface area (Å²) in [4.78, 5) is 0. The smallest absolute Gasteiger partial charge is 0.143 e. The van der Waals surface area contributed by atoms with Crippen LogP contribution in [-0.4, -0.2) is 17.6 Å². The van der Waals surface area contributed by atoms with Crippen LogP contribution in [0.2, 0.25) is 0 Å². The second kappa shape index (κ2) is 4.56. The van der Waals surface area contributed by atoms with Gasteiger partial charge in [0.2, 0.25) is 0 Å². The molecule has 0 aliphatic carbocycles. The Bertz CT molecular complexity index is 448. The maximum absolute atomic E-state index is 4.43. The fourth-order valence-corrected chi connectivity index (χ4v) is 2.08. The van der Waals surface area contributed by atoms with Gasteiger partial charge in [-0.15, -0.1) is 0 Å². The number of aromatic nitrogens is 2. The summed E-state index contributed by atoms with van der Waals surface area (Å²) in [6, 6.07) is 10.9. The highest BCUT2D eigenvalue weighted by molar-refractivity contribution is 6.31. The van der Waals surface area contributed by atoms with Crippen molar-refractivity contribution in [1.29, 1.82) is 0 Å². The third kappa shape index (κ3) is 2.18. The van der Waals surface area contributed by atoms with E-state index in [0.29, 0.717) is 12.0 Å². The molecule has 0 saturated carbocycles. The zero-order valence-electron chi connectivity index (χ0n) is 10.1. The minimum absolute atomic E-state index is 0.329. The van der Waals surface area contributed by atoms with E-state index in [4.69, 9.17) is 0 Å². The minimum atomic E-state index is 0.329. The largest absolute Gasteiger partial charge is 0.266 e. The normalized spacial score (nSPS) is 12.9. The Hall–Kier alpha value is -1.51. The van der Waals surface area contributed by atoms with Gasteiger partial charge in [0.25, 0.3) is 0 Å². The van der Waals surface area contributed by atoms with Crippen molar-refractivity contribution in [1.82, 2.24) is 9.78 Å². The molecule has 1 aromatic heterocycles. The van der Waals surface area contributed by atoms with Crippen molar-refractivity contribution in [2.75, 3.05) is 0 Å². The predicted molar refractivity (Wildman–Crippen MR) is 69.8 cm³/mol. The summed E-state index contributed by atoms with van der Waals surface area (Å²) in [7, 11) is 2.08. The maximum Gasteiger partial charge on any atom is 0.143 e. The molecule has 0 bridgehead atoms. The number of hydrogen-bond acceptors (Lipinski definition) is 1. The van der Waals surface area contributed by atoms with E-state index in [1.807, 2.05) is 6.20 Å². The molecular weight excluding hydrogens is 195 g/mol. The average molecular weight is 212 g/mol. The van der Waals surface area contributed by atoms with E-state index >= 15 is 0 Å². The van der Waals surface area contributed by atoms with Crippen molar-refractivity contribution >= 4 is 13.3 Å². The fraction of sp³-hybridized carbons (Fsp3) is 0.308. The Balaban J connectivity index is 2.39. The lowest BCUT2D eigenvalue weighted by molar-refractivity contribution is 0.403. The van der Waals surface area contributed by atoms with Crippen LogP contribution in [0, 0.1) is 5.92 Å². The topological polar surface area (TPSA) is 17.8 Å². The first-order valence-electron chi connectivity index (χ1n) is 5.74. The summed E-state index contributed by atoms with van der Waals surface area (Å²) in [6.45, 7) is 4.46. The second-order valence-corrected chi connectivity index (χ2v) is 4.60. The van der Waals surface area contributed by atoms with E-state index in [2.05, 4.69) is 68.0 Å². The highest BCUT2D eigenvalue weighted by Crippen LogP contribution is 2.24. The van der Waals surface area contributed by atoms with Gasteiger partial charge in [-0.05, 0) is 11.5 Å². The predicted octanol–water partition coefficient (Wildman–Crippen LogP) is 1.39. The van der Waals surface area contributed by atoms with Crippen molar-refractivity contribution in [2.45, 2.75) is 19.9 Å². The molecule has 0 amide bonds. The Morgan fingerprint density at radius 2 is 1.88 bits per heavy atom. The third-order valence-corrected chi connectivity index (χ3v) is 2.79. The van der Waals surface area contributed by atoms with Gasteiger partial charge >= 0.3 is 0 Å². The molecule has 82 valence electrons. The van der Waals surface area contributed by atoms with Crippen LogP contribution in [0.25, 0.3) is 0 Å². The Kier molecular flexibility index (Phi) is 3.13. The number of rotatable bonds is 3. The van der Waals surface area contributed by atoms with Crippen molar-refractivity contribution in [3.8, 4) is 0 Å². The van der Waals surface area contributed by atoms with Crippen LogP contribution in [0.5, 0.6) is 0 Å². The minimum Gasteiger partial charge on any atom is -0.266 e. The lowest BCUT2D eigenvalue weighted by Gasteiger charge is -2.21. The van der Waals surface area contributed by atoms with Gasteiger partial charge < -0.3 is 0 Å². The van der Waals surface area contributed by atoms with E-state index in [1.54, 1.807) is 0 Å². The van der Waals surface area contributed by atoms with Gasteiger partial charge in [0.1, 0.15) is 7.85 Å². The fourth-order valence-electron chi connectivity index (χ4n) is 2.08. The monoisotopic (exact) mass is 212 g/mol. The van der Waals surface area contributed by atoms with E-state index in [0.717, 1.165) is 0 Å². The molecule has 0 radical (unpaired) electrons. The van der Waals surface area contributed by atoms with E-state index in [1.165, 1.54) is 11.0 Å². The maximum atomic E-state index is 4.43. The Morgan fingerprint density at radius 1 is 1.19 bits per heavy atom. The van der Waals surface area contributed by atoms with Gasteiger partial charge in [0.15, 0.2) is 0 Å². The summed E-state index contributed by atoms with van der Waals surface area (Å²) in [5.41, 5.74) is 2.53. The molecule has 16 heavy (non-hydrogen) atoms. The van der Waals surface area contributed by atoms with Crippen LogP contribution < -0.4 is 5.46 Å². The van der Waals surface area contributed by atoms with Gasteiger partial charge in [-0.1, -0.05) is 49.6 Å². The van der Waals surface area contributed by atoms with Crippen LogP contribution in [0.1, 0.15) is 25.5 Å². The second-order valence-electron chi connectivity index (χ2n) is 4.60. The van der Waals surface area contributed by atoms with Crippen LogP contribution in [0.15, 0.2) is 42.7 Å². The van der Waals surface area contributed by atoms with Gasteiger partial charge in [-0.3, -0.25) is 4.68 Å². The molecule has 1 aromatic carbocycles. The summed E-state index contributed by atoms with van der Waals surface area (Å²) in [5, 5.41) is 4.43. The molecule has 1 unspecified atom stereocenters. The van der Waals surface area contributed by atoms with Crippen LogP contribution in [-0.2, 0) is 0 Å². The zero-order chi connectivity index (χ0) is 11.5.